The predicted molar refractivity (Wildman–Crippen MR) is 60.0 cm³/mol. The van der Waals surface area contributed by atoms with Crippen LogP contribution in [0.5, 0.6) is 0 Å². The number of nitriles is 1. The molecule has 0 saturated carbocycles. The van der Waals surface area contributed by atoms with Gasteiger partial charge in [-0.05, 0) is 10.4 Å². The van der Waals surface area contributed by atoms with Crippen LogP contribution in [0, 0.1) is 17.9 Å². The van der Waals surface area contributed by atoms with Gasteiger partial charge in [-0.1, -0.05) is 24.3 Å². The Kier molecular flexibility index (Phi) is 2.95. The fraction of sp³-hybridized carbons (Fsp3) is 0. The maximum atomic E-state index is 11.2. The van der Waals surface area contributed by atoms with Crippen LogP contribution < -0.4 is 10.4 Å². The Hall–Kier alpha value is -3.12. The van der Waals surface area contributed by atoms with Crippen molar-refractivity contribution in [3.05, 3.63) is 46.1 Å². The Bertz CT molecular complexity index is 671. The topological polar surface area (TPSA) is 103 Å². The van der Waals surface area contributed by atoms with E-state index in [4.69, 9.17) is 14.7 Å². The molecule has 0 aliphatic rings. The third-order valence-corrected chi connectivity index (χ3v) is 2.07. The zero-order valence-electron chi connectivity index (χ0n) is 10.8. The van der Waals surface area contributed by atoms with Crippen LogP contribution >= 0.6 is 0 Å². The molecule has 18 heavy (non-hydrogen) atoms. The molecule has 0 saturated heterocycles. The first-order valence-corrected chi connectivity index (χ1v) is 4.56. The Morgan fingerprint density at radius 1 is 1.22 bits per heavy atom. The van der Waals surface area contributed by atoms with E-state index >= 15 is 0 Å². The molecule has 88 valence electrons. The minimum atomic E-state index is -1.11. The van der Waals surface area contributed by atoms with Crippen LogP contribution in [0.4, 0.5) is 0 Å². The Labute approximate surface area is 104 Å². The van der Waals surface area contributed by atoms with E-state index in [0.717, 1.165) is 0 Å². The molecule has 0 amide bonds. The fourth-order valence-electron chi connectivity index (χ4n) is 1.25. The van der Waals surface area contributed by atoms with E-state index in [1.807, 2.05) is 0 Å². The van der Waals surface area contributed by atoms with Crippen molar-refractivity contribution in [2.45, 2.75) is 0 Å². The molecule has 0 heterocycles. The van der Waals surface area contributed by atoms with E-state index in [2.05, 4.69) is 15.1 Å². The summed E-state index contributed by atoms with van der Waals surface area (Å²) >= 11 is 0. The van der Waals surface area contributed by atoms with E-state index < -0.39 is 17.6 Å². The van der Waals surface area contributed by atoms with Crippen molar-refractivity contribution >= 4 is 23.2 Å². The molecule has 2 N–H and O–H groups in total. The standard InChI is InChI=1S/C12H6N2O4/c1-14-10(12(17)18)8-4-2-7(3-5-8)9(6-13)11(15)16/h2-5H,(H,15,16)(H,17,18)/i/hD2. The average molecular weight is 244 g/mol. The lowest BCUT2D eigenvalue weighted by Crippen LogP contribution is -2.17. The third kappa shape index (κ3) is 2.52. The molecule has 0 fully saturated rings. The molecule has 0 aliphatic carbocycles. The van der Waals surface area contributed by atoms with Crippen LogP contribution in [-0.4, -0.2) is 22.2 Å². The van der Waals surface area contributed by atoms with Gasteiger partial charge in [-0.25, -0.2) is 9.64 Å². The second-order valence-electron chi connectivity index (χ2n) is 3.10. The summed E-state index contributed by atoms with van der Waals surface area (Å²) in [5.41, 5.74) is -0.771. The van der Waals surface area contributed by atoms with Gasteiger partial charge in [0.25, 0.3) is 8.56 Å². The molecule has 0 spiro atoms. The highest BCUT2D eigenvalue weighted by Crippen LogP contribution is 1.94. The molecule has 6 nitrogen and oxygen atoms in total. The average Bonchev–Trinajstić information content (AvgIpc) is 2.49. The van der Waals surface area contributed by atoms with Gasteiger partial charge in [-0.3, -0.25) is 4.79 Å². The second kappa shape index (κ2) is 5.28. The van der Waals surface area contributed by atoms with Crippen LogP contribution in [-0.2, 0) is 9.59 Å². The number of carboxylic acid groups (broad SMARTS) is 2. The quantitative estimate of drug-likeness (QED) is 0.686. The van der Waals surface area contributed by atoms with Gasteiger partial charge in [-0.2, -0.15) is 5.26 Å². The number of carboxylic acids is 2. The van der Waals surface area contributed by atoms with E-state index in [1.54, 1.807) is 6.07 Å². The van der Waals surface area contributed by atoms with Gasteiger partial charge in [0.1, 0.15) is 11.6 Å². The number of rotatable bonds is 2. The maximum Gasteiger partial charge on any atom is 0.347 e. The molecule has 0 atom stereocenters. The highest BCUT2D eigenvalue weighted by molar-refractivity contribution is 6.14. The first-order valence-electron chi connectivity index (χ1n) is 5.38. The number of aliphatic carboxylic acids is 2. The van der Waals surface area contributed by atoms with Crippen molar-refractivity contribution in [3.8, 4) is 6.07 Å². The lowest BCUT2D eigenvalue weighted by Gasteiger charge is -1.93. The van der Waals surface area contributed by atoms with Gasteiger partial charge in [0.15, 0.2) is 0 Å². The minimum absolute atomic E-state index is 0.178. The summed E-state index contributed by atoms with van der Waals surface area (Å²) < 4.78 is 12.9. The summed E-state index contributed by atoms with van der Waals surface area (Å²) in [4.78, 5) is 25.3. The first kappa shape index (κ1) is 10.1. The number of hydrogen-bond donors (Lipinski definition) is 2. The number of benzene rings is 1. The smallest absolute Gasteiger partial charge is 0.347 e. The normalized spacial score (nSPS) is 9.89. The summed E-state index contributed by atoms with van der Waals surface area (Å²) in [6, 6.07) is 6.85. The van der Waals surface area contributed by atoms with E-state index in [0.29, 0.717) is 0 Å². The van der Waals surface area contributed by atoms with Crippen LogP contribution in [0.15, 0.2) is 24.3 Å². The third-order valence-electron chi connectivity index (χ3n) is 2.07. The molecule has 0 aromatic heterocycles. The molecule has 0 bridgehead atoms. The largest absolute Gasteiger partial charge is 0.486 e. The van der Waals surface area contributed by atoms with Gasteiger partial charge in [-0.15, -0.1) is 0 Å². The number of nitrogens with zero attached hydrogens (tertiary/aromatic N) is 2. The van der Waals surface area contributed by atoms with Gasteiger partial charge < -0.3 is 10.2 Å². The molecule has 0 unspecified atom stereocenters. The molecule has 1 aromatic rings. The zero-order chi connectivity index (χ0) is 15.1. The molecule has 0 radical (unpaired) electrons. The SMILES string of the molecule is [2H]OC(=O)C(C#N)=c1ccc(=C([N+]#[C-])C(=O)O[2H])cc1. The summed E-state index contributed by atoms with van der Waals surface area (Å²) in [5.74, 6) is -2.22. The van der Waals surface area contributed by atoms with Crippen molar-refractivity contribution in [3.63, 3.8) is 0 Å². The summed E-state index contributed by atoms with van der Waals surface area (Å²) in [7, 11) is 0. The summed E-state index contributed by atoms with van der Waals surface area (Å²) in [6.07, 6.45) is 0. The summed E-state index contributed by atoms with van der Waals surface area (Å²) in [6.45, 7) is 6.85. The molecule has 1 aromatic carbocycles. The lowest BCUT2D eigenvalue weighted by atomic mass is 10.1. The van der Waals surface area contributed by atoms with Crippen molar-refractivity contribution in [1.82, 2.24) is 0 Å². The molecule has 1 rings (SSSR count). The van der Waals surface area contributed by atoms with Gasteiger partial charge in [0, 0.05) is 0 Å². The van der Waals surface area contributed by atoms with E-state index in [9.17, 15) is 9.59 Å². The number of hydrogen-bond acceptors (Lipinski definition) is 5. The highest BCUT2D eigenvalue weighted by atomic mass is 16.4. The highest BCUT2D eigenvalue weighted by Gasteiger charge is 2.09. The minimum Gasteiger partial charge on any atom is -0.486 e. The van der Waals surface area contributed by atoms with Crippen molar-refractivity contribution < 1.29 is 19.8 Å². The van der Waals surface area contributed by atoms with Gasteiger partial charge >= 0.3 is 11.9 Å². The van der Waals surface area contributed by atoms with Crippen molar-refractivity contribution in [1.29, 1.82) is 8.12 Å². The van der Waals surface area contributed by atoms with E-state index in [1.165, 1.54) is 24.3 Å². The van der Waals surface area contributed by atoms with Gasteiger partial charge in [0.2, 0.25) is 0 Å². The Balaban J connectivity index is 3.53. The van der Waals surface area contributed by atoms with Crippen molar-refractivity contribution in [2.75, 3.05) is 0 Å². The Morgan fingerprint density at radius 2 is 1.78 bits per heavy atom. The monoisotopic (exact) mass is 244 g/mol. The van der Waals surface area contributed by atoms with Crippen molar-refractivity contribution in [2.24, 2.45) is 0 Å². The molecule has 6 heteroatoms. The van der Waals surface area contributed by atoms with Crippen LogP contribution in [0.25, 0.3) is 19.0 Å². The van der Waals surface area contributed by atoms with Crippen LogP contribution in [0.1, 0.15) is 0 Å². The Morgan fingerprint density at radius 3 is 2.22 bits per heavy atom. The maximum absolute atomic E-state index is 11.2. The van der Waals surface area contributed by atoms with Gasteiger partial charge in [0.05, 0.1) is 6.57 Å². The predicted octanol–water partition coefficient (Wildman–Crippen LogP) is -0.442. The second-order valence-corrected chi connectivity index (χ2v) is 3.10. The summed E-state index contributed by atoms with van der Waals surface area (Å²) in [5, 5.41) is 16.6. The zero-order valence-corrected chi connectivity index (χ0v) is 8.84. The van der Waals surface area contributed by atoms with E-state index in [-0.39, 0.29) is 16.0 Å². The molecular formula is C12H6N2O4. The molecule has 0 aliphatic heterocycles. The number of carbonyl (C=O) groups is 2. The fourth-order valence-corrected chi connectivity index (χ4v) is 1.25. The molecular weight excluding hydrogens is 236 g/mol. The first-order chi connectivity index (χ1) is 9.58. The van der Waals surface area contributed by atoms with Crippen LogP contribution in [0.3, 0.4) is 0 Å². The van der Waals surface area contributed by atoms with Crippen LogP contribution in [0.2, 0.25) is 0 Å². The lowest BCUT2D eigenvalue weighted by molar-refractivity contribution is -0.131.